The van der Waals surface area contributed by atoms with Crippen LogP contribution in [0.5, 0.6) is 0 Å². The van der Waals surface area contributed by atoms with Gasteiger partial charge in [-0.1, -0.05) is 0 Å². The summed E-state index contributed by atoms with van der Waals surface area (Å²) >= 11 is 0. The molecule has 0 spiro atoms. The van der Waals surface area contributed by atoms with E-state index in [1.165, 1.54) is 0 Å². The Morgan fingerprint density at radius 1 is 1.60 bits per heavy atom. The number of rotatable bonds is 3. The van der Waals surface area contributed by atoms with Gasteiger partial charge in [0, 0.05) is 19.1 Å². The molecule has 2 atom stereocenters. The molecule has 0 saturated carbocycles. The van der Waals surface area contributed by atoms with Gasteiger partial charge in [-0.3, -0.25) is 0 Å². The molecular weight excluding hydrogens is 190 g/mol. The van der Waals surface area contributed by atoms with Gasteiger partial charge < -0.3 is 10.1 Å². The Morgan fingerprint density at radius 2 is 2.47 bits per heavy atom. The quantitative estimate of drug-likeness (QED) is 0.818. The van der Waals surface area contributed by atoms with Crippen molar-refractivity contribution in [3.05, 3.63) is 17.8 Å². The normalized spacial score (nSPS) is 25.5. The maximum absolute atomic E-state index is 5.50. The second-order valence-corrected chi connectivity index (χ2v) is 4.12. The molecule has 82 valence electrons. The van der Waals surface area contributed by atoms with Crippen LogP contribution in [0.15, 0.2) is 12.3 Å². The van der Waals surface area contributed by atoms with Gasteiger partial charge in [-0.2, -0.15) is 5.10 Å². The molecule has 0 aliphatic carbocycles. The van der Waals surface area contributed by atoms with Crippen molar-refractivity contribution in [1.82, 2.24) is 10.2 Å². The first-order valence-corrected chi connectivity index (χ1v) is 5.40. The lowest BCUT2D eigenvalue weighted by Crippen LogP contribution is -2.21. The molecule has 1 aliphatic heterocycles. The van der Waals surface area contributed by atoms with E-state index in [-0.39, 0.29) is 0 Å². The van der Waals surface area contributed by atoms with Crippen LogP contribution in [-0.2, 0) is 4.74 Å². The van der Waals surface area contributed by atoms with E-state index in [1.807, 2.05) is 13.0 Å². The Hall–Kier alpha value is -1.16. The van der Waals surface area contributed by atoms with Crippen LogP contribution in [0.1, 0.15) is 18.9 Å². The van der Waals surface area contributed by atoms with Gasteiger partial charge in [0.15, 0.2) is 0 Å². The predicted molar refractivity (Wildman–Crippen MR) is 58.8 cm³/mol. The summed E-state index contributed by atoms with van der Waals surface area (Å²) in [6.45, 7) is 5.94. The van der Waals surface area contributed by atoms with Crippen molar-refractivity contribution in [2.45, 2.75) is 26.4 Å². The minimum absolute atomic E-state index is 0.357. The Balaban J connectivity index is 1.87. The number of aryl methyl sites for hydroxylation is 1. The lowest BCUT2D eigenvalue weighted by molar-refractivity contribution is 0.108. The van der Waals surface area contributed by atoms with Gasteiger partial charge in [-0.25, -0.2) is 0 Å². The van der Waals surface area contributed by atoms with E-state index in [0.717, 1.165) is 31.0 Å². The highest BCUT2D eigenvalue weighted by Gasteiger charge is 2.23. The number of anilines is 1. The Kier molecular flexibility index (Phi) is 3.16. The molecule has 15 heavy (non-hydrogen) atoms. The lowest BCUT2D eigenvalue weighted by atomic mass is 10.0. The van der Waals surface area contributed by atoms with Crippen molar-refractivity contribution >= 4 is 5.82 Å². The van der Waals surface area contributed by atoms with E-state index < -0.39 is 0 Å². The van der Waals surface area contributed by atoms with Gasteiger partial charge in [0.1, 0.15) is 5.82 Å². The van der Waals surface area contributed by atoms with Crippen molar-refractivity contribution < 1.29 is 4.74 Å². The van der Waals surface area contributed by atoms with E-state index in [1.54, 1.807) is 6.20 Å². The van der Waals surface area contributed by atoms with Crippen LogP contribution in [0, 0.1) is 12.8 Å². The van der Waals surface area contributed by atoms with Crippen molar-refractivity contribution in [2.24, 2.45) is 5.92 Å². The molecular formula is C11H17N3O. The zero-order chi connectivity index (χ0) is 10.7. The van der Waals surface area contributed by atoms with Crippen LogP contribution < -0.4 is 5.32 Å². The van der Waals surface area contributed by atoms with Crippen LogP contribution in [-0.4, -0.2) is 29.5 Å². The molecule has 0 aromatic carbocycles. The van der Waals surface area contributed by atoms with Crippen molar-refractivity contribution in [3.63, 3.8) is 0 Å². The van der Waals surface area contributed by atoms with E-state index in [4.69, 9.17) is 4.74 Å². The molecule has 2 rings (SSSR count). The molecule has 0 amide bonds. The highest BCUT2D eigenvalue weighted by atomic mass is 16.5. The molecule has 1 saturated heterocycles. The van der Waals surface area contributed by atoms with Crippen LogP contribution in [0.4, 0.5) is 5.82 Å². The van der Waals surface area contributed by atoms with Crippen molar-refractivity contribution in [1.29, 1.82) is 0 Å². The van der Waals surface area contributed by atoms with E-state index >= 15 is 0 Å². The first-order chi connectivity index (χ1) is 7.25. The molecule has 1 aromatic heterocycles. The summed E-state index contributed by atoms with van der Waals surface area (Å²) in [7, 11) is 0. The molecule has 1 aromatic rings. The molecule has 1 N–H and O–H groups in total. The number of hydrogen-bond acceptors (Lipinski definition) is 4. The summed E-state index contributed by atoms with van der Waals surface area (Å²) in [5.41, 5.74) is 1.13. The molecule has 2 unspecified atom stereocenters. The number of ether oxygens (including phenoxy) is 1. The maximum Gasteiger partial charge on any atom is 0.148 e. The fourth-order valence-corrected chi connectivity index (χ4v) is 1.83. The highest BCUT2D eigenvalue weighted by molar-refractivity contribution is 5.35. The standard InChI is InChI=1S/C11H17N3O/c1-8-5-11(14-13-6-8)12-7-10-3-4-15-9(10)2/h5-6,9-10H,3-4,7H2,1-2H3,(H,12,14). The molecule has 1 fully saturated rings. The highest BCUT2D eigenvalue weighted by Crippen LogP contribution is 2.20. The minimum Gasteiger partial charge on any atom is -0.378 e. The average molecular weight is 207 g/mol. The van der Waals surface area contributed by atoms with E-state index in [9.17, 15) is 0 Å². The third-order valence-corrected chi connectivity index (χ3v) is 2.87. The van der Waals surface area contributed by atoms with Crippen LogP contribution >= 0.6 is 0 Å². The largest absolute Gasteiger partial charge is 0.378 e. The van der Waals surface area contributed by atoms with E-state index in [2.05, 4.69) is 22.4 Å². The van der Waals surface area contributed by atoms with Crippen LogP contribution in [0.2, 0.25) is 0 Å². The molecule has 0 radical (unpaired) electrons. The first-order valence-electron chi connectivity index (χ1n) is 5.40. The fraction of sp³-hybridized carbons (Fsp3) is 0.636. The summed E-state index contributed by atoms with van der Waals surface area (Å²) < 4.78 is 5.50. The Labute approximate surface area is 90.1 Å². The second-order valence-electron chi connectivity index (χ2n) is 4.12. The lowest BCUT2D eigenvalue weighted by Gasteiger charge is -2.14. The molecule has 2 heterocycles. The Morgan fingerprint density at radius 3 is 3.13 bits per heavy atom. The van der Waals surface area contributed by atoms with Gasteiger partial charge in [-0.05, 0) is 31.9 Å². The van der Waals surface area contributed by atoms with E-state index in [0.29, 0.717) is 12.0 Å². The number of hydrogen-bond donors (Lipinski definition) is 1. The topological polar surface area (TPSA) is 47.0 Å². The SMILES string of the molecule is Cc1cnnc(NCC2CCOC2C)c1. The summed E-state index contributed by atoms with van der Waals surface area (Å²) in [5, 5.41) is 11.2. The van der Waals surface area contributed by atoms with Gasteiger partial charge in [0.2, 0.25) is 0 Å². The van der Waals surface area contributed by atoms with Gasteiger partial charge in [-0.15, -0.1) is 5.10 Å². The van der Waals surface area contributed by atoms with Crippen molar-refractivity contribution in [3.8, 4) is 0 Å². The second kappa shape index (κ2) is 4.57. The average Bonchev–Trinajstić information content (AvgIpc) is 2.61. The summed E-state index contributed by atoms with van der Waals surface area (Å²) in [5.74, 6) is 1.45. The zero-order valence-corrected chi connectivity index (χ0v) is 9.23. The third-order valence-electron chi connectivity index (χ3n) is 2.87. The summed E-state index contributed by atoms with van der Waals surface area (Å²) in [6.07, 6.45) is 3.25. The van der Waals surface area contributed by atoms with Gasteiger partial charge in [0.05, 0.1) is 12.3 Å². The monoisotopic (exact) mass is 207 g/mol. The fourth-order valence-electron chi connectivity index (χ4n) is 1.83. The smallest absolute Gasteiger partial charge is 0.148 e. The maximum atomic E-state index is 5.50. The summed E-state index contributed by atoms with van der Waals surface area (Å²) in [4.78, 5) is 0. The molecule has 0 bridgehead atoms. The third kappa shape index (κ3) is 2.65. The molecule has 1 aliphatic rings. The van der Waals surface area contributed by atoms with Crippen LogP contribution in [0.3, 0.4) is 0 Å². The number of aromatic nitrogens is 2. The first kappa shape index (κ1) is 10.4. The number of nitrogens with one attached hydrogen (secondary N) is 1. The minimum atomic E-state index is 0.357. The van der Waals surface area contributed by atoms with Crippen LogP contribution in [0.25, 0.3) is 0 Å². The number of nitrogens with zero attached hydrogens (tertiary/aromatic N) is 2. The summed E-state index contributed by atoms with van der Waals surface area (Å²) in [6, 6.07) is 2.01. The molecule has 4 heteroatoms. The predicted octanol–water partition coefficient (Wildman–Crippen LogP) is 1.62. The van der Waals surface area contributed by atoms with Gasteiger partial charge in [0.25, 0.3) is 0 Å². The van der Waals surface area contributed by atoms with Crippen molar-refractivity contribution in [2.75, 3.05) is 18.5 Å². The Bertz CT molecular complexity index is 329. The van der Waals surface area contributed by atoms with Gasteiger partial charge >= 0.3 is 0 Å². The zero-order valence-electron chi connectivity index (χ0n) is 9.23. The molecule has 4 nitrogen and oxygen atoms in total.